The lowest BCUT2D eigenvalue weighted by molar-refractivity contribution is -0.906. The van der Waals surface area contributed by atoms with Crippen LogP contribution in [-0.4, -0.2) is 30.9 Å². The van der Waals surface area contributed by atoms with E-state index in [-0.39, 0.29) is 5.78 Å². The second kappa shape index (κ2) is 13.7. The number of hydrogen-bond acceptors (Lipinski definition) is 1. The lowest BCUT2D eigenvalue weighted by atomic mass is 9.93. The van der Waals surface area contributed by atoms with Crippen molar-refractivity contribution < 1.29 is 9.28 Å². The Balaban J connectivity index is 2.43. The van der Waals surface area contributed by atoms with Crippen molar-refractivity contribution in [2.24, 2.45) is 5.92 Å². The van der Waals surface area contributed by atoms with Crippen molar-refractivity contribution >= 4 is 5.78 Å². The van der Waals surface area contributed by atoms with Gasteiger partial charge in [-0.3, -0.25) is 4.79 Å². The topological polar surface area (TPSA) is 17.1 Å². The zero-order valence-corrected chi connectivity index (χ0v) is 18.1. The van der Waals surface area contributed by atoms with Gasteiger partial charge in [0.25, 0.3) is 0 Å². The highest BCUT2D eigenvalue weighted by atomic mass is 16.1. The minimum atomic E-state index is 0.194. The summed E-state index contributed by atoms with van der Waals surface area (Å²) in [5.74, 6) is 0.647. The molecule has 0 spiro atoms. The average Bonchev–Trinajstić information content (AvgIpc) is 2.63. The van der Waals surface area contributed by atoms with Crippen molar-refractivity contribution in [2.45, 2.75) is 77.7 Å². The quantitative estimate of drug-likeness (QED) is 0.182. The molecule has 2 heteroatoms. The van der Waals surface area contributed by atoms with Gasteiger partial charge in [0.1, 0.15) is 6.54 Å². The molecule has 1 unspecified atom stereocenters. The fourth-order valence-corrected chi connectivity index (χ4v) is 4.03. The van der Waals surface area contributed by atoms with Gasteiger partial charge < -0.3 is 4.48 Å². The van der Waals surface area contributed by atoms with Crippen LogP contribution < -0.4 is 0 Å². The molecule has 0 aromatic heterocycles. The summed E-state index contributed by atoms with van der Waals surface area (Å²) in [5.41, 5.74) is 1.36. The number of carbonyl (C=O) groups excluding carboxylic acids is 1. The summed E-state index contributed by atoms with van der Waals surface area (Å²) in [6, 6.07) is 10.7. The largest absolute Gasteiger partial charge is 0.324 e. The van der Waals surface area contributed by atoms with E-state index in [4.69, 9.17) is 0 Å². The predicted octanol–water partition coefficient (Wildman–Crippen LogP) is 6.56. The van der Waals surface area contributed by atoms with E-state index in [1.165, 1.54) is 63.0 Å². The molecule has 1 atom stereocenters. The van der Waals surface area contributed by atoms with Crippen LogP contribution in [0.5, 0.6) is 0 Å². The van der Waals surface area contributed by atoms with Crippen LogP contribution in [0.2, 0.25) is 0 Å². The molecular formula is C25H42NO+. The van der Waals surface area contributed by atoms with Gasteiger partial charge in [-0.2, -0.15) is 0 Å². The van der Waals surface area contributed by atoms with Crippen LogP contribution in [0.15, 0.2) is 43.0 Å². The minimum Gasteiger partial charge on any atom is -0.324 e. The minimum absolute atomic E-state index is 0.194. The van der Waals surface area contributed by atoms with Crippen molar-refractivity contribution in [1.82, 2.24) is 0 Å². The smallest absolute Gasteiger partial charge is 0.155 e. The highest BCUT2D eigenvalue weighted by Gasteiger charge is 2.23. The number of quaternary nitrogens is 1. The van der Waals surface area contributed by atoms with E-state index in [2.05, 4.69) is 57.9 Å². The molecule has 152 valence electrons. The standard InChI is InChI=1S/C25H42NO/c1-5-7-8-9-10-11-12-14-19-24(20-25(27)6-2)22-26(3,4)21-23-17-15-13-16-18-23/h6,13,15-18,24H,2,5,7-12,14,19-22H2,1,3-4H3/q+1. The molecule has 0 amide bonds. The summed E-state index contributed by atoms with van der Waals surface area (Å²) in [6.07, 6.45) is 14.0. The number of unbranched alkanes of at least 4 members (excludes halogenated alkanes) is 7. The third-order valence-corrected chi connectivity index (χ3v) is 5.39. The third-order valence-electron chi connectivity index (χ3n) is 5.39. The van der Waals surface area contributed by atoms with Crippen LogP contribution in [0, 0.1) is 5.92 Å². The Morgan fingerprint density at radius 1 is 1.00 bits per heavy atom. The Morgan fingerprint density at radius 3 is 2.19 bits per heavy atom. The van der Waals surface area contributed by atoms with Crippen molar-refractivity contribution in [3.63, 3.8) is 0 Å². The van der Waals surface area contributed by atoms with Crippen LogP contribution in [-0.2, 0) is 11.3 Å². The third kappa shape index (κ3) is 11.8. The highest BCUT2D eigenvalue weighted by Crippen LogP contribution is 2.21. The first-order valence-electron chi connectivity index (χ1n) is 11.0. The summed E-state index contributed by atoms with van der Waals surface area (Å²) in [4.78, 5) is 12.0. The van der Waals surface area contributed by atoms with Crippen molar-refractivity contribution in [2.75, 3.05) is 20.6 Å². The summed E-state index contributed by atoms with van der Waals surface area (Å²) in [7, 11) is 4.57. The number of benzene rings is 1. The van der Waals surface area contributed by atoms with Crippen LogP contribution in [0.25, 0.3) is 0 Å². The zero-order valence-electron chi connectivity index (χ0n) is 18.1. The average molecular weight is 373 g/mol. The molecule has 0 saturated carbocycles. The van der Waals surface area contributed by atoms with Crippen LogP contribution in [0.3, 0.4) is 0 Å². The first-order chi connectivity index (χ1) is 13.0. The number of hydrogen-bond donors (Lipinski definition) is 0. The molecule has 0 saturated heterocycles. The van der Waals surface area contributed by atoms with Gasteiger partial charge in [-0.1, -0.05) is 95.2 Å². The van der Waals surface area contributed by atoms with Crippen LogP contribution >= 0.6 is 0 Å². The van der Waals surface area contributed by atoms with Gasteiger partial charge in [-0.05, 0) is 12.5 Å². The molecule has 1 aromatic carbocycles. The van der Waals surface area contributed by atoms with Gasteiger partial charge in [0.2, 0.25) is 0 Å². The van der Waals surface area contributed by atoms with Crippen molar-refractivity contribution in [1.29, 1.82) is 0 Å². The molecule has 0 fully saturated rings. The second-order valence-corrected chi connectivity index (χ2v) is 8.77. The fraction of sp³-hybridized carbons (Fsp3) is 0.640. The molecule has 1 aromatic rings. The first-order valence-corrected chi connectivity index (χ1v) is 11.0. The van der Waals surface area contributed by atoms with Crippen LogP contribution in [0.4, 0.5) is 0 Å². The predicted molar refractivity (Wildman–Crippen MR) is 118 cm³/mol. The SMILES string of the molecule is C=CC(=O)CC(CCCCCCCCCC)C[N+](C)(C)Cc1ccccc1. The summed E-state index contributed by atoms with van der Waals surface area (Å²) >= 11 is 0. The molecule has 0 radical (unpaired) electrons. The Morgan fingerprint density at radius 2 is 1.59 bits per heavy atom. The van der Waals surface area contributed by atoms with Gasteiger partial charge in [0.05, 0.1) is 20.6 Å². The number of carbonyl (C=O) groups is 1. The maximum atomic E-state index is 12.0. The molecule has 27 heavy (non-hydrogen) atoms. The molecule has 0 aliphatic rings. The van der Waals surface area contributed by atoms with Crippen LogP contribution in [0.1, 0.15) is 76.7 Å². The Kier molecular flexibility index (Phi) is 12.0. The van der Waals surface area contributed by atoms with E-state index in [0.29, 0.717) is 12.3 Å². The molecule has 0 aliphatic heterocycles. The first kappa shape index (κ1) is 23.6. The van der Waals surface area contributed by atoms with Crippen molar-refractivity contribution in [3.8, 4) is 0 Å². The van der Waals surface area contributed by atoms with Gasteiger partial charge in [-0.15, -0.1) is 0 Å². The number of ketones is 1. The second-order valence-electron chi connectivity index (χ2n) is 8.77. The molecule has 0 N–H and O–H groups in total. The van der Waals surface area contributed by atoms with E-state index in [1.807, 2.05) is 0 Å². The monoisotopic (exact) mass is 372 g/mol. The normalized spacial score (nSPS) is 12.7. The Labute approximate surface area is 168 Å². The van der Waals surface area contributed by atoms with E-state index in [0.717, 1.165) is 24.0 Å². The zero-order chi connectivity index (χ0) is 20.0. The highest BCUT2D eigenvalue weighted by molar-refractivity contribution is 5.89. The van der Waals surface area contributed by atoms with Gasteiger partial charge in [0.15, 0.2) is 5.78 Å². The molecule has 0 bridgehead atoms. The van der Waals surface area contributed by atoms with E-state index in [1.54, 1.807) is 0 Å². The number of nitrogens with zero attached hydrogens (tertiary/aromatic N) is 1. The fourth-order valence-electron chi connectivity index (χ4n) is 4.03. The van der Waals surface area contributed by atoms with Gasteiger partial charge >= 0.3 is 0 Å². The van der Waals surface area contributed by atoms with E-state index < -0.39 is 0 Å². The molecule has 0 aliphatic carbocycles. The Hall–Kier alpha value is -1.41. The van der Waals surface area contributed by atoms with Gasteiger partial charge in [0, 0.05) is 17.9 Å². The molecule has 2 nitrogen and oxygen atoms in total. The number of rotatable bonds is 16. The molecule has 0 heterocycles. The maximum absolute atomic E-state index is 12.0. The summed E-state index contributed by atoms with van der Waals surface area (Å²) < 4.78 is 0.927. The van der Waals surface area contributed by atoms with Crippen molar-refractivity contribution in [3.05, 3.63) is 48.6 Å². The lowest BCUT2D eigenvalue weighted by Gasteiger charge is -2.33. The van der Waals surface area contributed by atoms with Gasteiger partial charge in [-0.25, -0.2) is 0 Å². The van der Waals surface area contributed by atoms with E-state index in [9.17, 15) is 4.79 Å². The lowest BCUT2D eigenvalue weighted by Crippen LogP contribution is -2.43. The molecular weight excluding hydrogens is 330 g/mol. The Bertz CT molecular complexity index is 520. The summed E-state index contributed by atoms with van der Waals surface area (Å²) in [5, 5.41) is 0. The van der Waals surface area contributed by atoms with E-state index >= 15 is 0 Å². The number of allylic oxidation sites excluding steroid dienone is 1. The molecule has 1 rings (SSSR count). The maximum Gasteiger partial charge on any atom is 0.155 e. The summed E-state index contributed by atoms with van der Waals surface area (Å²) in [6.45, 7) is 7.99.